The predicted octanol–water partition coefficient (Wildman–Crippen LogP) is 1.40. The van der Waals surface area contributed by atoms with Gasteiger partial charge in [0, 0.05) is 38.6 Å². The number of aromatic nitrogens is 4. The molecular weight excluding hydrogens is 356 g/mol. The van der Waals surface area contributed by atoms with E-state index in [0.717, 1.165) is 0 Å². The number of para-hydroxylation sites is 1. The summed E-state index contributed by atoms with van der Waals surface area (Å²) in [6.07, 6.45) is 3.42. The lowest BCUT2D eigenvalue weighted by molar-refractivity contribution is -0.134. The molecule has 2 aromatic heterocycles. The van der Waals surface area contributed by atoms with Crippen molar-refractivity contribution in [3.8, 4) is 0 Å². The Kier molecular flexibility index (Phi) is 4.77. The van der Waals surface area contributed by atoms with Gasteiger partial charge in [0.2, 0.25) is 11.9 Å². The van der Waals surface area contributed by atoms with Crippen LogP contribution in [0.5, 0.6) is 0 Å². The minimum Gasteiger partial charge on any atom is -0.337 e. The van der Waals surface area contributed by atoms with Crippen LogP contribution in [-0.4, -0.2) is 56.5 Å². The maximum atomic E-state index is 13.1. The third-order valence-corrected chi connectivity index (χ3v) is 5.16. The zero-order chi connectivity index (χ0) is 19.7. The summed E-state index contributed by atoms with van der Waals surface area (Å²) < 4.78 is 1.50. The summed E-state index contributed by atoms with van der Waals surface area (Å²) in [6, 6.07) is 8.39. The van der Waals surface area contributed by atoms with Crippen LogP contribution in [0.3, 0.4) is 0 Å². The van der Waals surface area contributed by atoms with E-state index in [1.165, 1.54) is 4.57 Å². The lowest BCUT2D eigenvalue weighted by Gasteiger charge is -2.36. The van der Waals surface area contributed by atoms with Crippen molar-refractivity contribution in [3.05, 3.63) is 58.9 Å². The minimum absolute atomic E-state index is 0.0732. The number of hydrogen-bond donors (Lipinski definition) is 0. The Morgan fingerprint density at radius 3 is 2.43 bits per heavy atom. The van der Waals surface area contributed by atoms with Gasteiger partial charge in [0.1, 0.15) is 11.9 Å². The Bertz CT molecular complexity index is 1060. The van der Waals surface area contributed by atoms with Gasteiger partial charge in [-0.05, 0) is 32.0 Å². The molecule has 1 aromatic carbocycles. The number of anilines is 1. The maximum absolute atomic E-state index is 13.1. The van der Waals surface area contributed by atoms with Gasteiger partial charge in [0.25, 0.3) is 5.56 Å². The van der Waals surface area contributed by atoms with Crippen LogP contribution in [0.2, 0.25) is 0 Å². The van der Waals surface area contributed by atoms with Gasteiger partial charge >= 0.3 is 0 Å². The molecule has 0 N–H and O–H groups in total. The van der Waals surface area contributed by atoms with Gasteiger partial charge in [-0.2, -0.15) is 0 Å². The van der Waals surface area contributed by atoms with Crippen LogP contribution in [0.4, 0.5) is 5.95 Å². The quantitative estimate of drug-likeness (QED) is 0.685. The number of piperazine rings is 1. The van der Waals surface area contributed by atoms with Gasteiger partial charge in [0.15, 0.2) is 0 Å². The Hall–Kier alpha value is -3.29. The molecule has 1 aliphatic rings. The Balaban J connectivity index is 1.53. The normalized spacial score (nSPS) is 15.6. The van der Waals surface area contributed by atoms with Crippen molar-refractivity contribution in [2.75, 3.05) is 31.1 Å². The van der Waals surface area contributed by atoms with Gasteiger partial charge in [-0.15, -0.1) is 0 Å². The highest BCUT2D eigenvalue weighted by Crippen LogP contribution is 2.16. The van der Waals surface area contributed by atoms with Crippen molar-refractivity contribution in [1.82, 2.24) is 24.4 Å². The highest BCUT2D eigenvalue weighted by atomic mass is 16.2. The highest BCUT2D eigenvalue weighted by molar-refractivity contribution is 5.82. The topological polar surface area (TPSA) is 84.2 Å². The summed E-state index contributed by atoms with van der Waals surface area (Å²) in [6.45, 7) is 5.98. The molecule has 1 unspecified atom stereocenters. The second kappa shape index (κ2) is 7.38. The van der Waals surface area contributed by atoms with Crippen molar-refractivity contribution in [2.24, 2.45) is 0 Å². The van der Waals surface area contributed by atoms with Crippen molar-refractivity contribution in [1.29, 1.82) is 0 Å². The molecule has 144 valence electrons. The Morgan fingerprint density at radius 1 is 1.04 bits per heavy atom. The largest absolute Gasteiger partial charge is 0.337 e. The first kappa shape index (κ1) is 18.1. The van der Waals surface area contributed by atoms with E-state index in [0.29, 0.717) is 48.9 Å². The first-order valence-corrected chi connectivity index (χ1v) is 9.35. The number of fused-ring (bicyclic) bond motifs is 1. The predicted molar refractivity (Wildman–Crippen MR) is 106 cm³/mol. The van der Waals surface area contributed by atoms with E-state index in [2.05, 4.69) is 19.9 Å². The third-order valence-electron chi connectivity index (χ3n) is 5.16. The molecule has 1 amide bonds. The number of rotatable bonds is 3. The van der Waals surface area contributed by atoms with Crippen molar-refractivity contribution in [2.45, 2.75) is 19.9 Å². The van der Waals surface area contributed by atoms with E-state index in [-0.39, 0.29) is 11.5 Å². The number of nitrogens with zero attached hydrogens (tertiary/aromatic N) is 6. The second-order valence-corrected chi connectivity index (χ2v) is 6.89. The molecule has 1 fully saturated rings. The van der Waals surface area contributed by atoms with Crippen LogP contribution in [0, 0.1) is 6.92 Å². The summed E-state index contributed by atoms with van der Waals surface area (Å²) in [5, 5.41) is 0.527. The molecule has 1 atom stereocenters. The molecule has 0 saturated carbocycles. The first-order valence-electron chi connectivity index (χ1n) is 9.35. The third kappa shape index (κ3) is 3.21. The summed E-state index contributed by atoms with van der Waals surface area (Å²) in [4.78, 5) is 42.9. The molecule has 3 heterocycles. The smallest absolute Gasteiger partial charge is 0.262 e. The zero-order valence-electron chi connectivity index (χ0n) is 15.9. The molecule has 0 aliphatic carbocycles. The molecule has 0 spiro atoms. The Labute approximate surface area is 162 Å². The van der Waals surface area contributed by atoms with Crippen molar-refractivity contribution < 1.29 is 4.79 Å². The summed E-state index contributed by atoms with van der Waals surface area (Å²) in [5.74, 6) is 1.14. The van der Waals surface area contributed by atoms with E-state index in [1.54, 1.807) is 43.3 Å². The molecule has 1 aliphatic heterocycles. The number of benzene rings is 1. The number of hydrogen-bond acceptors (Lipinski definition) is 6. The lowest BCUT2D eigenvalue weighted by atomic mass is 10.2. The molecule has 8 nitrogen and oxygen atoms in total. The second-order valence-electron chi connectivity index (χ2n) is 6.89. The van der Waals surface area contributed by atoms with Crippen LogP contribution in [0.15, 0.2) is 47.5 Å². The number of carbonyl (C=O) groups excluding carboxylic acids is 1. The summed E-state index contributed by atoms with van der Waals surface area (Å²) >= 11 is 0. The van der Waals surface area contributed by atoms with Crippen LogP contribution < -0.4 is 10.5 Å². The van der Waals surface area contributed by atoms with E-state index < -0.39 is 6.04 Å². The van der Waals surface area contributed by atoms with Gasteiger partial charge in [0.05, 0.1) is 10.9 Å². The maximum Gasteiger partial charge on any atom is 0.262 e. The van der Waals surface area contributed by atoms with Crippen molar-refractivity contribution >= 4 is 22.8 Å². The standard InChI is InChI=1S/C20H22N6O2/c1-14(26-15(2)23-17-7-4-3-6-16(17)19(26)28)18(27)24-10-12-25(13-11-24)20-21-8-5-9-22-20/h3-9,14H,10-13H2,1-2H3. The lowest BCUT2D eigenvalue weighted by Crippen LogP contribution is -2.51. The zero-order valence-corrected chi connectivity index (χ0v) is 15.9. The number of amides is 1. The van der Waals surface area contributed by atoms with Crippen LogP contribution in [0.1, 0.15) is 18.8 Å². The molecule has 3 aromatic rings. The molecule has 4 rings (SSSR count). The number of carbonyl (C=O) groups is 1. The molecule has 0 bridgehead atoms. The average Bonchev–Trinajstić information content (AvgIpc) is 2.74. The van der Waals surface area contributed by atoms with Crippen LogP contribution >= 0.6 is 0 Å². The summed E-state index contributed by atoms with van der Waals surface area (Å²) in [7, 11) is 0. The van der Waals surface area contributed by atoms with E-state index in [4.69, 9.17) is 0 Å². The van der Waals surface area contributed by atoms with E-state index >= 15 is 0 Å². The fourth-order valence-electron chi connectivity index (χ4n) is 3.67. The SMILES string of the molecule is Cc1nc2ccccc2c(=O)n1C(C)C(=O)N1CCN(c2ncccn2)CC1. The molecule has 0 radical (unpaired) electrons. The molecule has 28 heavy (non-hydrogen) atoms. The van der Waals surface area contributed by atoms with Crippen LogP contribution in [0.25, 0.3) is 10.9 Å². The fourth-order valence-corrected chi connectivity index (χ4v) is 3.67. The van der Waals surface area contributed by atoms with E-state index in [9.17, 15) is 9.59 Å². The van der Waals surface area contributed by atoms with Gasteiger partial charge in [-0.3, -0.25) is 14.2 Å². The van der Waals surface area contributed by atoms with Gasteiger partial charge in [-0.25, -0.2) is 15.0 Å². The fraction of sp³-hybridized carbons (Fsp3) is 0.350. The monoisotopic (exact) mass is 378 g/mol. The van der Waals surface area contributed by atoms with Gasteiger partial charge in [-0.1, -0.05) is 12.1 Å². The average molecular weight is 378 g/mol. The molecule has 1 saturated heterocycles. The van der Waals surface area contributed by atoms with Crippen LogP contribution in [-0.2, 0) is 4.79 Å². The number of aryl methyl sites for hydroxylation is 1. The minimum atomic E-state index is -0.607. The first-order chi connectivity index (χ1) is 13.6. The van der Waals surface area contributed by atoms with Gasteiger partial charge < -0.3 is 9.80 Å². The highest BCUT2D eigenvalue weighted by Gasteiger charge is 2.28. The van der Waals surface area contributed by atoms with Crippen molar-refractivity contribution in [3.63, 3.8) is 0 Å². The molecule has 8 heteroatoms. The Morgan fingerprint density at radius 2 is 1.71 bits per heavy atom. The summed E-state index contributed by atoms with van der Waals surface area (Å²) in [5.41, 5.74) is 0.470. The van der Waals surface area contributed by atoms with E-state index in [1.807, 2.05) is 18.2 Å². The molecular formula is C20H22N6O2.